The summed E-state index contributed by atoms with van der Waals surface area (Å²) < 4.78 is 48.2. The van der Waals surface area contributed by atoms with E-state index in [1.807, 2.05) is 0 Å². The van der Waals surface area contributed by atoms with Gasteiger partial charge in [0.25, 0.3) is 0 Å². The van der Waals surface area contributed by atoms with Crippen LogP contribution in [0.15, 0.2) is 9.98 Å². The fourth-order valence-electron chi connectivity index (χ4n) is 0.827. The van der Waals surface area contributed by atoms with Crippen LogP contribution in [-0.2, 0) is 32.3 Å². The van der Waals surface area contributed by atoms with E-state index in [1.165, 1.54) is 12.2 Å². The Morgan fingerprint density at radius 2 is 1.00 bits per heavy atom. The Labute approximate surface area is 177 Å². The molecular weight excluding hydrogens is 362 g/mol. The molecule has 0 aromatic heterocycles. The number of carbonyl (C=O) groups excluding carboxylic acids is 2. The molecule has 0 aliphatic rings. The van der Waals surface area contributed by atoms with Crippen LogP contribution < -0.4 is 59.1 Å². The topological polar surface area (TPSA) is 180 Å². The van der Waals surface area contributed by atoms with Crippen LogP contribution in [0.3, 0.4) is 0 Å². The van der Waals surface area contributed by atoms with Crippen molar-refractivity contribution in [3.63, 3.8) is 0 Å². The molecule has 2 N–H and O–H groups in total. The molecule has 0 amide bonds. The first-order valence-electron chi connectivity index (χ1n) is 5.02. The van der Waals surface area contributed by atoms with Gasteiger partial charge >= 0.3 is 59.1 Å². The van der Waals surface area contributed by atoms with Crippen LogP contribution in [0, 0.1) is 0 Å². The van der Waals surface area contributed by atoms with Crippen molar-refractivity contribution in [2.45, 2.75) is 25.7 Å². The molecule has 14 heteroatoms. The summed E-state index contributed by atoms with van der Waals surface area (Å²) in [5, 5.41) is 0. The van der Waals surface area contributed by atoms with Crippen molar-refractivity contribution in [2.75, 3.05) is 13.1 Å². The smallest absolute Gasteiger partial charge is 0.750 e. The summed E-state index contributed by atoms with van der Waals surface area (Å²) in [6.07, 6.45) is 6.80. The molecule has 0 aliphatic heterocycles. The molecule has 0 radical (unpaired) electrons. The first-order valence-corrected chi connectivity index (χ1v) is 7.08. The molecule has 10 nitrogen and oxygen atoms in total. The maximum atomic E-state index is 9.63. The minimum absolute atomic E-state index is 0. The second kappa shape index (κ2) is 33.5. The molecule has 0 bridgehead atoms. The van der Waals surface area contributed by atoms with Crippen LogP contribution in [0.2, 0.25) is 0 Å². The summed E-state index contributed by atoms with van der Waals surface area (Å²) in [5.74, 6) is 0. The molecular formula is C8H14N2Na2O8S2. The van der Waals surface area contributed by atoms with Gasteiger partial charge in [-0.25, -0.2) is 28.0 Å². The molecule has 2 unspecified atom stereocenters. The van der Waals surface area contributed by atoms with Crippen LogP contribution in [0.5, 0.6) is 0 Å². The zero-order valence-electron chi connectivity index (χ0n) is 12.3. The molecule has 118 valence electrons. The van der Waals surface area contributed by atoms with Crippen molar-refractivity contribution in [3.05, 3.63) is 0 Å². The third kappa shape index (κ3) is 84.4. The molecule has 2 atom stereocenters. The van der Waals surface area contributed by atoms with Gasteiger partial charge < -0.3 is 18.2 Å². The third-order valence-corrected chi connectivity index (χ3v) is 1.42. The number of unbranched alkanes of at least 4 members (excludes halogenated alkanes) is 3. The second-order valence-corrected chi connectivity index (χ2v) is 3.66. The number of rotatable bonds is 7. The Hall–Kier alpha value is 0.900. The van der Waals surface area contributed by atoms with Crippen molar-refractivity contribution >= 4 is 34.9 Å². The molecule has 0 saturated heterocycles. The Morgan fingerprint density at radius 3 is 1.18 bits per heavy atom. The molecule has 22 heavy (non-hydrogen) atoms. The number of hydrogen-bond acceptors (Lipinski definition) is 8. The number of hydrogen-bond donors (Lipinski definition) is 2. The van der Waals surface area contributed by atoms with Crippen molar-refractivity contribution in [3.8, 4) is 0 Å². The van der Waals surface area contributed by atoms with Crippen molar-refractivity contribution in [2.24, 2.45) is 9.98 Å². The zero-order chi connectivity index (χ0) is 16.2. The van der Waals surface area contributed by atoms with E-state index in [0.717, 1.165) is 25.7 Å². The van der Waals surface area contributed by atoms with Crippen LogP contribution in [0.25, 0.3) is 0 Å². The standard InChI is InChI=1S/C8H12N2O2.2Na.2H2O3S/c11-7-9-5-3-1-2-4-6-10-8-12;;;2*1-4(2)3/h1-6H2;;;2*(H2,1,2,3)/q;2*+1;;/p-2. The first-order chi connectivity index (χ1) is 9.38. The van der Waals surface area contributed by atoms with Gasteiger partial charge in [-0.15, -0.1) is 0 Å². The summed E-state index contributed by atoms with van der Waals surface area (Å²) in [7, 11) is 0. The third-order valence-electron chi connectivity index (χ3n) is 1.42. The molecule has 0 aromatic carbocycles. The first kappa shape index (κ1) is 34.3. The van der Waals surface area contributed by atoms with Crippen LogP contribution in [0.1, 0.15) is 25.7 Å². The van der Waals surface area contributed by atoms with E-state index in [2.05, 4.69) is 9.98 Å². The van der Waals surface area contributed by atoms with Gasteiger partial charge in [-0.05, 0) is 12.8 Å². The quantitative estimate of drug-likeness (QED) is 0.145. The predicted molar refractivity (Wildman–Crippen MR) is 67.5 cm³/mol. The number of isocyanates is 2. The Balaban J connectivity index is -0.0000000812. The van der Waals surface area contributed by atoms with Gasteiger partial charge in [-0.3, -0.25) is 0 Å². The van der Waals surface area contributed by atoms with Gasteiger partial charge in [0.1, 0.15) is 0 Å². The summed E-state index contributed by atoms with van der Waals surface area (Å²) in [6, 6.07) is 0. The van der Waals surface area contributed by atoms with E-state index in [-0.39, 0.29) is 59.1 Å². The Bertz CT molecular complexity index is 320. The Kier molecular flexibility index (Phi) is 52.2. The largest absolute Gasteiger partial charge is 1.00 e. The van der Waals surface area contributed by atoms with E-state index in [0.29, 0.717) is 13.1 Å². The van der Waals surface area contributed by atoms with Gasteiger partial charge in [-0.2, -0.15) is 0 Å². The normalized spacial score (nSPS) is 10.2. The average Bonchev–Trinajstić information content (AvgIpc) is 2.31. The fourth-order valence-corrected chi connectivity index (χ4v) is 0.827. The SMILES string of the molecule is O=C=NCCCCCCN=C=O.O=S([O-])O.O=S([O-])O.[Na+].[Na+]. The van der Waals surface area contributed by atoms with Gasteiger partial charge in [0.15, 0.2) is 0 Å². The van der Waals surface area contributed by atoms with Gasteiger partial charge in [0.2, 0.25) is 12.2 Å². The van der Waals surface area contributed by atoms with E-state index in [4.69, 9.17) is 26.6 Å². The fraction of sp³-hybridized carbons (Fsp3) is 0.750. The van der Waals surface area contributed by atoms with Gasteiger partial charge in [0, 0.05) is 0 Å². The van der Waals surface area contributed by atoms with Gasteiger partial charge in [-0.1, -0.05) is 12.8 Å². The van der Waals surface area contributed by atoms with E-state index < -0.39 is 22.7 Å². The molecule has 0 saturated carbocycles. The monoisotopic (exact) mass is 376 g/mol. The summed E-state index contributed by atoms with van der Waals surface area (Å²) in [4.78, 5) is 26.1. The maximum absolute atomic E-state index is 9.63. The average molecular weight is 376 g/mol. The minimum atomic E-state index is -2.86. The number of nitrogens with zero attached hydrogens (tertiary/aromatic N) is 2. The summed E-state index contributed by atoms with van der Waals surface area (Å²) in [5.41, 5.74) is 0. The van der Waals surface area contributed by atoms with Crippen LogP contribution >= 0.6 is 0 Å². The zero-order valence-corrected chi connectivity index (χ0v) is 17.9. The minimum Gasteiger partial charge on any atom is -0.750 e. The van der Waals surface area contributed by atoms with Crippen molar-refractivity contribution in [1.82, 2.24) is 0 Å². The van der Waals surface area contributed by atoms with Crippen molar-refractivity contribution < 1.29 is 95.3 Å². The molecule has 0 aliphatic carbocycles. The van der Waals surface area contributed by atoms with Crippen molar-refractivity contribution in [1.29, 1.82) is 0 Å². The van der Waals surface area contributed by atoms with E-state index in [9.17, 15) is 9.59 Å². The number of aliphatic imine (C=N–C) groups is 2. The van der Waals surface area contributed by atoms with Crippen LogP contribution in [0.4, 0.5) is 0 Å². The molecule has 0 rings (SSSR count). The second-order valence-electron chi connectivity index (χ2n) is 2.79. The Morgan fingerprint density at radius 1 is 0.773 bits per heavy atom. The van der Waals surface area contributed by atoms with Gasteiger partial charge in [0.05, 0.1) is 35.8 Å². The molecule has 0 heterocycles. The molecule has 0 fully saturated rings. The summed E-state index contributed by atoms with van der Waals surface area (Å²) >= 11 is -5.72. The van der Waals surface area contributed by atoms with E-state index in [1.54, 1.807) is 0 Å². The maximum Gasteiger partial charge on any atom is 1.00 e. The predicted octanol–water partition coefficient (Wildman–Crippen LogP) is -6.10. The molecule has 0 aromatic rings. The van der Waals surface area contributed by atoms with E-state index >= 15 is 0 Å². The summed E-state index contributed by atoms with van der Waals surface area (Å²) in [6.45, 7) is 1.11. The molecule has 0 spiro atoms. The van der Waals surface area contributed by atoms with Crippen LogP contribution in [-0.4, -0.2) is 51.9 Å².